The number of piperazine rings is 1. The molecule has 5 nitrogen and oxygen atoms in total. The van der Waals surface area contributed by atoms with Gasteiger partial charge < -0.3 is 10.2 Å². The van der Waals surface area contributed by atoms with Crippen LogP contribution in [0.1, 0.15) is 29.3 Å². The first-order valence-corrected chi connectivity index (χ1v) is 9.05. The zero-order valence-electron chi connectivity index (χ0n) is 14.4. The maximum Gasteiger partial charge on any atom is 0.317 e. The van der Waals surface area contributed by atoms with E-state index < -0.39 is 0 Å². The third-order valence-corrected chi connectivity index (χ3v) is 5.20. The van der Waals surface area contributed by atoms with Crippen molar-refractivity contribution in [3.8, 4) is 0 Å². The van der Waals surface area contributed by atoms with Gasteiger partial charge in [0.25, 0.3) is 0 Å². The Hall–Kier alpha value is -2.40. The predicted molar refractivity (Wildman–Crippen MR) is 97.1 cm³/mol. The molecule has 130 valence electrons. The van der Waals surface area contributed by atoms with Crippen LogP contribution in [-0.4, -0.2) is 47.0 Å². The molecule has 25 heavy (non-hydrogen) atoms. The van der Waals surface area contributed by atoms with Crippen molar-refractivity contribution in [2.75, 3.05) is 26.2 Å². The summed E-state index contributed by atoms with van der Waals surface area (Å²) in [4.78, 5) is 21.3. The van der Waals surface area contributed by atoms with E-state index in [0.29, 0.717) is 0 Å². The summed E-state index contributed by atoms with van der Waals surface area (Å²) >= 11 is 0. The highest BCUT2D eigenvalue weighted by Crippen LogP contribution is 2.30. The van der Waals surface area contributed by atoms with Crippen LogP contribution >= 0.6 is 0 Å². The van der Waals surface area contributed by atoms with Crippen molar-refractivity contribution in [3.05, 3.63) is 65.5 Å². The fraction of sp³-hybridized carbons (Fsp3) is 0.400. The zero-order valence-corrected chi connectivity index (χ0v) is 14.4. The van der Waals surface area contributed by atoms with Crippen LogP contribution in [0.2, 0.25) is 0 Å². The van der Waals surface area contributed by atoms with Crippen LogP contribution in [0.25, 0.3) is 0 Å². The molecule has 2 aromatic rings. The first-order valence-electron chi connectivity index (χ1n) is 9.05. The van der Waals surface area contributed by atoms with Crippen molar-refractivity contribution in [1.82, 2.24) is 20.1 Å². The summed E-state index contributed by atoms with van der Waals surface area (Å²) in [6.45, 7) is 4.18. The lowest BCUT2D eigenvalue weighted by Crippen LogP contribution is -2.51. The molecule has 0 unspecified atom stereocenters. The molecule has 1 aliphatic heterocycles. The molecule has 1 aromatic heterocycles. The van der Waals surface area contributed by atoms with E-state index in [9.17, 15) is 4.79 Å². The van der Waals surface area contributed by atoms with Gasteiger partial charge in [-0.3, -0.25) is 9.88 Å². The normalized spacial score (nSPS) is 20.3. The minimum absolute atomic E-state index is 0.0687. The van der Waals surface area contributed by atoms with Crippen molar-refractivity contribution in [2.45, 2.75) is 25.4 Å². The Labute approximate surface area is 148 Å². The highest BCUT2D eigenvalue weighted by Gasteiger charge is 2.27. The lowest BCUT2D eigenvalue weighted by atomic mass is 10.1. The second kappa shape index (κ2) is 7.23. The predicted octanol–water partition coefficient (Wildman–Crippen LogP) is 2.60. The molecule has 0 bridgehead atoms. The molecule has 2 amide bonds. The quantitative estimate of drug-likeness (QED) is 0.937. The van der Waals surface area contributed by atoms with Crippen molar-refractivity contribution in [3.63, 3.8) is 0 Å². The summed E-state index contributed by atoms with van der Waals surface area (Å²) in [6.07, 6.45) is 3.89. The van der Waals surface area contributed by atoms with Crippen LogP contribution in [0.3, 0.4) is 0 Å². The number of rotatable bonds is 3. The van der Waals surface area contributed by atoms with Crippen LogP contribution in [0, 0.1) is 0 Å². The molecule has 1 fully saturated rings. The van der Waals surface area contributed by atoms with E-state index in [-0.39, 0.29) is 12.1 Å². The Morgan fingerprint density at radius 3 is 2.68 bits per heavy atom. The largest absolute Gasteiger partial charge is 0.331 e. The van der Waals surface area contributed by atoms with Crippen molar-refractivity contribution < 1.29 is 4.79 Å². The van der Waals surface area contributed by atoms with Crippen molar-refractivity contribution >= 4 is 6.03 Å². The number of nitrogens with one attached hydrogen (secondary N) is 1. The fourth-order valence-corrected chi connectivity index (χ4v) is 3.78. The minimum Gasteiger partial charge on any atom is -0.331 e. The molecule has 1 atom stereocenters. The molecule has 4 rings (SSSR count). The van der Waals surface area contributed by atoms with E-state index in [1.54, 1.807) is 0 Å². The standard InChI is InChI=1S/C20H24N4O/c25-20(22-19-9-8-16-5-1-2-7-18(16)19)24-13-11-23(12-14-24)15-17-6-3-4-10-21-17/h1-7,10,19H,8-9,11-15H2,(H,22,25)/t19-/m1/s1. The first kappa shape index (κ1) is 16.1. The molecule has 1 aliphatic carbocycles. The van der Waals surface area contributed by atoms with Gasteiger partial charge in [-0.05, 0) is 36.1 Å². The van der Waals surface area contributed by atoms with E-state index in [1.807, 2.05) is 23.2 Å². The Morgan fingerprint density at radius 1 is 1.08 bits per heavy atom. The van der Waals surface area contributed by atoms with E-state index in [2.05, 4.69) is 45.5 Å². The summed E-state index contributed by atoms with van der Waals surface area (Å²) in [5.41, 5.74) is 3.74. The number of aryl methyl sites for hydroxylation is 1. The molecule has 5 heteroatoms. The number of carbonyl (C=O) groups excluding carboxylic acids is 1. The van der Waals surface area contributed by atoms with Gasteiger partial charge in [-0.2, -0.15) is 0 Å². The SMILES string of the molecule is O=C(N[C@@H]1CCc2ccccc21)N1CCN(Cc2ccccn2)CC1. The van der Waals surface area contributed by atoms with Crippen LogP contribution in [-0.2, 0) is 13.0 Å². The fourth-order valence-electron chi connectivity index (χ4n) is 3.78. The van der Waals surface area contributed by atoms with E-state index >= 15 is 0 Å². The zero-order chi connectivity index (χ0) is 17.1. The second-order valence-corrected chi connectivity index (χ2v) is 6.82. The van der Waals surface area contributed by atoms with Crippen LogP contribution < -0.4 is 5.32 Å². The topological polar surface area (TPSA) is 48.5 Å². The van der Waals surface area contributed by atoms with Gasteiger partial charge in [0, 0.05) is 38.9 Å². The molecule has 1 aromatic carbocycles. The van der Waals surface area contributed by atoms with Gasteiger partial charge in [0.2, 0.25) is 0 Å². The lowest BCUT2D eigenvalue weighted by molar-refractivity contribution is 0.132. The average molecular weight is 336 g/mol. The highest BCUT2D eigenvalue weighted by molar-refractivity contribution is 5.75. The molecule has 0 radical (unpaired) electrons. The Balaban J connectivity index is 1.29. The van der Waals surface area contributed by atoms with Crippen LogP contribution in [0.15, 0.2) is 48.7 Å². The van der Waals surface area contributed by atoms with E-state index in [4.69, 9.17) is 0 Å². The number of nitrogens with zero attached hydrogens (tertiary/aromatic N) is 3. The number of fused-ring (bicyclic) bond motifs is 1. The summed E-state index contributed by atoms with van der Waals surface area (Å²) in [7, 11) is 0. The van der Waals surface area contributed by atoms with E-state index in [0.717, 1.165) is 51.3 Å². The van der Waals surface area contributed by atoms with E-state index in [1.165, 1.54) is 11.1 Å². The molecular weight excluding hydrogens is 312 g/mol. The maximum absolute atomic E-state index is 12.6. The van der Waals surface area contributed by atoms with Gasteiger partial charge in [0.1, 0.15) is 0 Å². The number of amides is 2. The van der Waals surface area contributed by atoms with Gasteiger partial charge in [-0.1, -0.05) is 30.3 Å². The number of hydrogen-bond acceptors (Lipinski definition) is 3. The highest BCUT2D eigenvalue weighted by atomic mass is 16.2. The number of pyridine rings is 1. The third-order valence-electron chi connectivity index (χ3n) is 5.20. The number of benzene rings is 1. The maximum atomic E-state index is 12.6. The van der Waals surface area contributed by atoms with Crippen LogP contribution in [0.4, 0.5) is 4.79 Å². The first-order chi connectivity index (χ1) is 12.3. The second-order valence-electron chi connectivity index (χ2n) is 6.82. The van der Waals surface area contributed by atoms with Gasteiger partial charge in [0.15, 0.2) is 0 Å². The molecule has 2 heterocycles. The summed E-state index contributed by atoms with van der Waals surface area (Å²) in [5.74, 6) is 0. The van der Waals surface area contributed by atoms with Crippen molar-refractivity contribution in [1.29, 1.82) is 0 Å². The minimum atomic E-state index is 0.0687. The summed E-state index contributed by atoms with van der Waals surface area (Å²) < 4.78 is 0. The monoisotopic (exact) mass is 336 g/mol. The third kappa shape index (κ3) is 3.66. The van der Waals surface area contributed by atoms with Crippen molar-refractivity contribution in [2.24, 2.45) is 0 Å². The number of carbonyl (C=O) groups is 1. The molecule has 1 saturated heterocycles. The smallest absolute Gasteiger partial charge is 0.317 e. The molecule has 0 spiro atoms. The number of aromatic nitrogens is 1. The van der Waals surface area contributed by atoms with Gasteiger partial charge in [0.05, 0.1) is 11.7 Å². The average Bonchev–Trinajstić information content (AvgIpc) is 3.06. The summed E-state index contributed by atoms with van der Waals surface area (Å²) in [6, 6.07) is 14.7. The molecular formula is C20H24N4O. The molecule has 2 aliphatic rings. The Bertz CT molecular complexity index is 725. The van der Waals surface area contributed by atoms with Gasteiger partial charge in [-0.25, -0.2) is 4.79 Å². The number of hydrogen-bond donors (Lipinski definition) is 1. The van der Waals surface area contributed by atoms with Crippen LogP contribution in [0.5, 0.6) is 0 Å². The Morgan fingerprint density at radius 2 is 1.88 bits per heavy atom. The summed E-state index contributed by atoms with van der Waals surface area (Å²) in [5, 5.41) is 3.23. The Kier molecular flexibility index (Phi) is 4.65. The lowest BCUT2D eigenvalue weighted by Gasteiger charge is -2.35. The molecule has 1 N–H and O–H groups in total. The molecule has 0 saturated carbocycles. The number of urea groups is 1. The van der Waals surface area contributed by atoms with Gasteiger partial charge in [-0.15, -0.1) is 0 Å². The van der Waals surface area contributed by atoms with Gasteiger partial charge >= 0.3 is 6.03 Å².